The monoisotopic (exact) mass is 372 g/mol. The van der Waals surface area contributed by atoms with Gasteiger partial charge in [-0.1, -0.05) is 18.2 Å². The van der Waals surface area contributed by atoms with E-state index in [4.69, 9.17) is 14.2 Å². The summed E-state index contributed by atoms with van der Waals surface area (Å²) in [6.07, 6.45) is 2.13. The molecule has 2 N–H and O–H groups in total. The molecule has 2 aromatic rings. The summed E-state index contributed by atoms with van der Waals surface area (Å²) in [4.78, 5) is 0. The summed E-state index contributed by atoms with van der Waals surface area (Å²) in [5.41, 5.74) is 2.21. The van der Waals surface area contributed by atoms with Gasteiger partial charge in [-0.15, -0.1) is 0 Å². The topological polar surface area (TPSA) is 68.2 Å². The quantitative estimate of drug-likeness (QED) is 0.781. The fraction of sp³-hybridized carbons (Fsp3) is 0.455. The zero-order valence-electron chi connectivity index (χ0n) is 15.9. The highest BCUT2D eigenvalue weighted by Crippen LogP contribution is 2.32. The van der Waals surface area contributed by atoms with Gasteiger partial charge in [-0.25, -0.2) is 0 Å². The number of ether oxygens (including phenoxy) is 3. The molecule has 0 aromatic heterocycles. The van der Waals surface area contributed by atoms with Crippen molar-refractivity contribution in [1.82, 2.24) is 0 Å². The minimum atomic E-state index is -0.434. The lowest BCUT2D eigenvalue weighted by Gasteiger charge is -2.32. The highest BCUT2D eigenvalue weighted by atomic mass is 16.5. The normalized spacial score (nSPS) is 22.3. The maximum atomic E-state index is 10.1. The van der Waals surface area contributed by atoms with E-state index in [0.29, 0.717) is 12.8 Å². The molecule has 1 fully saturated rings. The highest BCUT2D eigenvalue weighted by molar-refractivity contribution is 5.44. The van der Waals surface area contributed by atoms with Crippen LogP contribution in [0.2, 0.25) is 0 Å². The predicted octanol–water partition coefficient (Wildman–Crippen LogP) is 3.20. The molecule has 5 nitrogen and oxygen atoms in total. The molecule has 2 aromatic carbocycles. The third-order valence-corrected chi connectivity index (χ3v) is 5.12. The third-order valence-electron chi connectivity index (χ3n) is 5.12. The number of hydrogen-bond donors (Lipinski definition) is 2. The van der Waals surface area contributed by atoms with Crippen LogP contribution in [0.1, 0.15) is 30.4 Å². The van der Waals surface area contributed by atoms with Gasteiger partial charge < -0.3 is 24.4 Å². The SMILES string of the molecule is COc1ccc(Cc2ccc(OC)cc2O[C@H]2CC(O)C[C@@H](CO)C2)cc1. The molecule has 0 spiro atoms. The zero-order chi connectivity index (χ0) is 19.2. The van der Waals surface area contributed by atoms with Gasteiger partial charge in [-0.05, 0) is 48.1 Å². The fourth-order valence-corrected chi connectivity index (χ4v) is 3.65. The van der Waals surface area contributed by atoms with E-state index >= 15 is 0 Å². The van der Waals surface area contributed by atoms with Gasteiger partial charge in [0.25, 0.3) is 0 Å². The summed E-state index contributed by atoms with van der Waals surface area (Å²) in [6, 6.07) is 13.8. The summed E-state index contributed by atoms with van der Waals surface area (Å²) in [6.45, 7) is 0.0771. The number of methoxy groups -OCH3 is 2. The molecule has 0 bridgehead atoms. The summed E-state index contributed by atoms with van der Waals surface area (Å²) >= 11 is 0. The average molecular weight is 372 g/mol. The van der Waals surface area contributed by atoms with Crippen LogP contribution in [0.15, 0.2) is 42.5 Å². The molecule has 0 saturated heterocycles. The lowest BCUT2D eigenvalue weighted by Crippen LogP contribution is -2.35. The Morgan fingerprint density at radius 1 is 0.926 bits per heavy atom. The summed E-state index contributed by atoms with van der Waals surface area (Å²) in [5, 5.41) is 19.6. The molecule has 1 aliphatic carbocycles. The van der Waals surface area contributed by atoms with Crippen LogP contribution in [-0.4, -0.2) is 43.2 Å². The Hall–Kier alpha value is -2.24. The smallest absolute Gasteiger partial charge is 0.126 e. The molecule has 5 heteroatoms. The fourth-order valence-electron chi connectivity index (χ4n) is 3.65. The second-order valence-electron chi connectivity index (χ2n) is 7.15. The van der Waals surface area contributed by atoms with Crippen LogP contribution in [0.25, 0.3) is 0 Å². The van der Waals surface area contributed by atoms with E-state index in [0.717, 1.165) is 41.2 Å². The predicted molar refractivity (Wildman–Crippen MR) is 104 cm³/mol. The van der Waals surface area contributed by atoms with E-state index < -0.39 is 6.10 Å². The first-order chi connectivity index (χ1) is 13.1. The van der Waals surface area contributed by atoms with Crippen molar-refractivity contribution in [2.24, 2.45) is 5.92 Å². The van der Waals surface area contributed by atoms with Gasteiger partial charge in [0.15, 0.2) is 0 Å². The Kier molecular flexibility index (Phi) is 6.58. The van der Waals surface area contributed by atoms with Crippen LogP contribution in [0, 0.1) is 5.92 Å². The molecule has 0 amide bonds. The Balaban J connectivity index is 1.79. The van der Waals surface area contributed by atoms with E-state index in [-0.39, 0.29) is 18.6 Å². The maximum absolute atomic E-state index is 10.1. The van der Waals surface area contributed by atoms with Crippen molar-refractivity contribution in [3.8, 4) is 17.2 Å². The third kappa shape index (κ3) is 5.15. The lowest BCUT2D eigenvalue weighted by molar-refractivity contribution is 0.0103. The van der Waals surface area contributed by atoms with E-state index in [1.807, 2.05) is 42.5 Å². The van der Waals surface area contributed by atoms with Crippen molar-refractivity contribution in [3.63, 3.8) is 0 Å². The molecular weight excluding hydrogens is 344 g/mol. The molecule has 0 aliphatic heterocycles. The second kappa shape index (κ2) is 9.11. The molecule has 1 unspecified atom stereocenters. The number of benzene rings is 2. The van der Waals surface area contributed by atoms with E-state index in [9.17, 15) is 10.2 Å². The second-order valence-corrected chi connectivity index (χ2v) is 7.15. The van der Waals surface area contributed by atoms with E-state index in [1.54, 1.807) is 14.2 Å². The number of rotatable bonds is 7. The lowest BCUT2D eigenvalue weighted by atomic mass is 9.86. The van der Waals surface area contributed by atoms with Crippen LogP contribution in [0.4, 0.5) is 0 Å². The van der Waals surface area contributed by atoms with Gasteiger partial charge in [0.2, 0.25) is 0 Å². The largest absolute Gasteiger partial charge is 0.497 e. The molecule has 3 atom stereocenters. The van der Waals surface area contributed by atoms with Gasteiger partial charge in [0.1, 0.15) is 23.4 Å². The van der Waals surface area contributed by atoms with Gasteiger partial charge in [-0.2, -0.15) is 0 Å². The minimum Gasteiger partial charge on any atom is -0.497 e. The molecule has 146 valence electrons. The van der Waals surface area contributed by atoms with Crippen LogP contribution in [0.5, 0.6) is 17.2 Å². The van der Waals surface area contributed by atoms with Gasteiger partial charge in [0, 0.05) is 25.5 Å². The number of aliphatic hydroxyl groups is 2. The Morgan fingerprint density at radius 2 is 1.63 bits per heavy atom. The van der Waals surface area contributed by atoms with Crippen molar-refractivity contribution in [3.05, 3.63) is 53.6 Å². The van der Waals surface area contributed by atoms with Gasteiger partial charge in [-0.3, -0.25) is 0 Å². The van der Waals surface area contributed by atoms with Crippen molar-refractivity contribution < 1.29 is 24.4 Å². The van der Waals surface area contributed by atoms with Crippen molar-refractivity contribution >= 4 is 0 Å². The Labute approximate surface area is 160 Å². The van der Waals surface area contributed by atoms with Crippen LogP contribution >= 0.6 is 0 Å². The van der Waals surface area contributed by atoms with Gasteiger partial charge in [0.05, 0.1) is 20.3 Å². The molecular formula is C22H28O5. The first kappa shape index (κ1) is 19.5. The van der Waals surface area contributed by atoms with Crippen molar-refractivity contribution in [2.45, 2.75) is 37.9 Å². The zero-order valence-corrected chi connectivity index (χ0v) is 15.9. The van der Waals surface area contributed by atoms with Crippen LogP contribution in [-0.2, 0) is 6.42 Å². The summed E-state index contributed by atoms with van der Waals surface area (Å²) < 4.78 is 16.8. The van der Waals surface area contributed by atoms with Crippen molar-refractivity contribution in [2.75, 3.05) is 20.8 Å². The number of aliphatic hydroxyl groups excluding tert-OH is 2. The average Bonchev–Trinajstić information content (AvgIpc) is 2.69. The summed E-state index contributed by atoms with van der Waals surface area (Å²) in [7, 11) is 3.29. The number of hydrogen-bond acceptors (Lipinski definition) is 5. The Morgan fingerprint density at radius 3 is 2.30 bits per heavy atom. The summed E-state index contributed by atoms with van der Waals surface area (Å²) in [5.74, 6) is 2.41. The standard InChI is InChI=1S/C22H28O5/c1-25-19-6-3-15(4-7-19)9-17-5-8-20(26-2)13-22(17)27-21-11-16(14-23)10-18(24)12-21/h3-8,13,16,18,21,23-24H,9-12,14H2,1-2H3/t16-,18?,21-/m1/s1. The first-order valence-electron chi connectivity index (χ1n) is 9.36. The molecule has 27 heavy (non-hydrogen) atoms. The van der Waals surface area contributed by atoms with E-state index in [2.05, 4.69) is 0 Å². The first-order valence-corrected chi connectivity index (χ1v) is 9.36. The molecule has 1 saturated carbocycles. The minimum absolute atomic E-state index is 0.0771. The van der Waals surface area contributed by atoms with Gasteiger partial charge >= 0.3 is 0 Å². The Bertz CT molecular complexity index is 728. The van der Waals surface area contributed by atoms with Crippen LogP contribution in [0.3, 0.4) is 0 Å². The van der Waals surface area contributed by atoms with E-state index in [1.165, 1.54) is 0 Å². The molecule has 0 heterocycles. The highest BCUT2D eigenvalue weighted by Gasteiger charge is 2.29. The molecule has 1 aliphatic rings. The maximum Gasteiger partial charge on any atom is 0.126 e. The molecule has 3 rings (SSSR count). The van der Waals surface area contributed by atoms with Crippen LogP contribution < -0.4 is 14.2 Å². The van der Waals surface area contributed by atoms with Crippen molar-refractivity contribution in [1.29, 1.82) is 0 Å². The molecule has 0 radical (unpaired) electrons.